The number of halogens is 1. The maximum absolute atomic E-state index is 14.2. The zero-order valence-electron chi connectivity index (χ0n) is 14.3. The predicted molar refractivity (Wildman–Crippen MR) is 94.8 cm³/mol. The molecule has 0 N–H and O–H groups in total. The van der Waals surface area contributed by atoms with Crippen LogP contribution < -0.4 is 4.74 Å². The van der Waals surface area contributed by atoms with Crippen molar-refractivity contribution in [2.75, 3.05) is 0 Å². The van der Waals surface area contributed by atoms with Crippen LogP contribution in [0.15, 0.2) is 67.0 Å². The van der Waals surface area contributed by atoms with Crippen molar-refractivity contribution < 1.29 is 13.9 Å². The van der Waals surface area contributed by atoms with Crippen LogP contribution in [-0.4, -0.2) is 11.0 Å². The highest BCUT2D eigenvalue weighted by atomic mass is 19.1. The normalized spacial score (nSPS) is 22.0. The van der Waals surface area contributed by atoms with Gasteiger partial charge in [-0.05, 0) is 48.2 Å². The maximum atomic E-state index is 14.2. The first kappa shape index (κ1) is 17.1. The summed E-state index contributed by atoms with van der Waals surface area (Å²) in [7, 11) is 0. The quantitative estimate of drug-likeness (QED) is 0.605. The van der Waals surface area contributed by atoms with Gasteiger partial charge >= 0.3 is 5.97 Å². The van der Waals surface area contributed by atoms with Crippen LogP contribution in [0.2, 0.25) is 0 Å². The van der Waals surface area contributed by atoms with E-state index in [1.807, 2.05) is 24.3 Å². The number of benzene rings is 1. The summed E-state index contributed by atoms with van der Waals surface area (Å²) in [4.78, 5) is 15.7. The third kappa shape index (κ3) is 3.12. The monoisotopic (exact) mass is 337 g/mol. The SMILES string of the molecule is CCC1C=CC=CC1(c1ccncc1)c1cc(F)ccc1OC(C)=O. The molecular weight excluding hydrogens is 317 g/mol. The largest absolute Gasteiger partial charge is 0.426 e. The standard InChI is InChI=1S/C21H20FNO2/c1-3-16-6-4-5-11-21(16,17-9-12-23-13-10-17)19-14-18(22)7-8-20(19)25-15(2)24/h4-14,16H,3H2,1-2H3. The second kappa shape index (κ2) is 7.01. The highest BCUT2D eigenvalue weighted by Gasteiger charge is 2.41. The Labute approximate surface area is 146 Å². The second-order valence-electron chi connectivity index (χ2n) is 6.10. The number of nitrogens with zero attached hydrogens (tertiary/aromatic N) is 1. The molecule has 1 aromatic heterocycles. The summed E-state index contributed by atoms with van der Waals surface area (Å²) in [6, 6.07) is 8.15. The van der Waals surface area contributed by atoms with Crippen molar-refractivity contribution in [3.05, 3.63) is 84.0 Å². The molecular formula is C21H20FNO2. The van der Waals surface area contributed by atoms with Gasteiger partial charge in [0, 0.05) is 30.3 Å². The van der Waals surface area contributed by atoms with Gasteiger partial charge in [0.05, 0.1) is 0 Å². The zero-order valence-corrected chi connectivity index (χ0v) is 14.3. The Morgan fingerprint density at radius 1 is 1.24 bits per heavy atom. The fourth-order valence-electron chi connectivity index (χ4n) is 3.59. The van der Waals surface area contributed by atoms with E-state index >= 15 is 0 Å². The van der Waals surface area contributed by atoms with E-state index in [1.54, 1.807) is 12.4 Å². The number of carbonyl (C=O) groups is 1. The van der Waals surface area contributed by atoms with Gasteiger partial charge in [-0.2, -0.15) is 0 Å². The van der Waals surface area contributed by atoms with E-state index < -0.39 is 11.4 Å². The van der Waals surface area contributed by atoms with Crippen molar-refractivity contribution in [3.63, 3.8) is 0 Å². The highest BCUT2D eigenvalue weighted by Crippen LogP contribution is 2.48. The number of hydrogen-bond acceptors (Lipinski definition) is 3. The molecule has 0 fully saturated rings. The molecule has 0 aliphatic heterocycles. The zero-order chi connectivity index (χ0) is 17.9. The Kier molecular flexibility index (Phi) is 4.79. The maximum Gasteiger partial charge on any atom is 0.308 e. The molecule has 2 aromatic rings. The van der Waals surface area contributed by atoms with Crippen LogP contribution in [-0.2, 0) is 10.2 Å². The van der Waals surface area contributed by atoms with Crippen LogP contribution in [0.4, 0.5) is 4.39 Å². The molecule has 3 rings (SSSR count). The van der Waals surface area contributed by atoms with Crippen molar-refractivity contribution in [3.8, 4) is 5.75 Å². The second-order valence-corrected chi connectivity index (χ2v) is 6.10. The van der Waals surface area contributed by atoms with E-state index in [0.29, 0.717) is 11.3 Å². The number of esters is 1. The molecule has 2 atom stereocenters. The first-order valence-corrected chi connectivity index (χ1v) is 8.33. The lowest BCUT2D eigenvalue weighted by Gasteiger charge is -2.40. The third-order valence-electron chi connectivity index (χ3n) is 4.64. The van der Waals surface area contributed by atoms with Crippen LogP contribution in [0.3, 0.4) is 0 Å². The molecule has 0 radical (unpaired) electrons. The molecule has 0 saturated heterocycles. The van der Waals surface area contributed by atoms with Crippen LogP contribution >= 0.6 is 0 Å². The summed E-state index contributed by atoms with van der Waals surface area (Å²) in [5.74, 6) is -0.321. The van der Waals surface area contributed by atoms with Gasteiger partial charge in [0.15, 0.2) is 0 Å². The molecule has 1 aliphatic carbocycles. The van der Waals surface area contributed by atoms with Crippen molar-refractivity contribution in [2.45, 2.75) is 25.7 Å². The summed E-state index contributed by atoms with van der Waals surface area (Å²) < 4.78 is 19.6. The Morgan fingerprint density at radius 3 is 2.68 bits per heavy atom. The number of rotatable bonds is 4. The fraction of sp³-hybridized carbons (Fsp3) is 0.238. The Bertz CT molecular complexity index is 829. The van der Waals surface area contributed by atoms with Gasteiger partial charge in [-0.1, -0.05) is 31.2 Å². The number of allylic oxidation sites excluding steroid dienone is 4. The first-order valence-electron chi connectivity index (χ1n) is 8.33. The average Bonchev–Trinajstić information content (AvgIpc) is 2.63. The van der Waals surface area contributed by atoms with Gasteiger partial charge in [-0.3, -0.25) is 9.78 Å². The number of hydrogen-bond donors (Lipinski definition) is 0. The predicted octanol–water partition coefficient (Wildman–Crippen LogP) is 4.58. The molecule has 2 unspecified atom stereocenters. The summed E-state index contributed by atoms with van der Waals surface area (Å²) >= 11 is 0. The van der Waals surface area contributed by atoms with E-state index in [9.17, 15) is 9.18 Å². The van der Waals surface area contributed by atoms with Crippen molar-refractivity contribution in [1.29, 1.82) is 0 Å². The van der Waals surface area contributed by atoms with E-state index in [0.717, 1.165) is 12.0 Å². The minimum absolute atomic E-state index is 0.0935. The summed E-state index contributed by atoms with van der Waals surface area (Å²) in [5.41, 5.74) is 0.995. The van der Waals surface area contributed by atoms with Gasteiger partial charge in [-0.25, -0.2) is 4.39 Å². The molecule has 3 nitrogen and oxygen atoms in total. The highest BCUT2D eigenvalue weighted by molar-refractivity contribution is 5.70. The van der Waals surface area contributed by atoms with E-state index in [1.165, 1.54) is 25.1 Å². The molecule has 1 aliphatic rings. The lowest BCUT2D eigenvalue weighted by molar-refractivity contribution is -0.131. The Hall–Kier alpha value is -2.75. The van der Waals surface area contributed by atoms with Crippen LogP contribution in [0.5, 0.6) is 5.75 Å². The summed E-state index contributed by atoms with van der Waals surface area (Å²) in [6.45, 7) is 3.44. The minimum Gasteiger partial charge on any atom is -0.426 e. The third-order valence-corrected chi connectivity index (χ3v) is 4.64. The number of carbonyl (C=O) groups excluding carboxylic acids is 1. The van der Waals surface area contributed by atoms with Gasteiger partial charge < -0.3 is 4.74 Å². The minimum atomic E-state index is -0.626. The smallest absolute Gasteiger partial charge is 0.308 e. The summed E-state index contributed by atoms with van der Waals surface area (Å²) in [5, 5.41) is 0. The average molecular weight is 337 g/mol. The molecule has 0 spiro atoms. The van der Waals surface area contributed by atoms with E-state index in [-0.39, 0.29) is 11.7 Å². The van der Waals surface area contributed by atoms with Gasteiger partial charge in [0.2, 0.25) is 0 Å². The molecule has 0 bridgehead atoms. The van der Waals surface area contributed by atoms with Gasteiger partial charge in [0.25, 0.3) is 0 Å². The number of ether oxygens (including phenoxy) is 1. The Balaban J connectivity index is 2.30. The molecule has 4 heteroatoms. The molecule has 0 amide bonds. The van der Waals surface area contributed by atoms with Crippen molar-refractivity contribution >= 4 is 5.97 Å². The molecule has 0 saturated carbocycles. The molecule has 1 aromatic carbocycles. The topological polar surface area (TPSA) is 39.2 Å². The van der Waals surface area contributed by atoms with Crippen LogP contribution in [0.25, 0.3) is 0 Å². The van der Waals surface area contributed by atoms with Crippen LogP contribution in [0, 0.1) is 11.7 Å². The lowest BCUT2D eigenvalue weighted by atomic mass is 9.63. The molecule has 128 valence electrons. The van der Waals surface area contributed by atoms with Gasteiger partial charge in [-0.15, -0.1) is 0 Å². The fourth-order valence-corrected chi connectivity index (χ4v) is 3.59. The lowest BCUT2D eigenvalue weighted by Crippen LogP contribution is -2.35. The first-order chi connectivity index (χ1) is 12.1. The van der Waals surface area contributed by atoms with Crippen molar-refractivity contribution in [1.82, 2.24) is 4.98 Å². The Morgan fingerprint density at radius 2 is 2.00 bits per heavy atom. The van der Waals surface area contributed by atoms with Crippen LogP contribution in [0.1, 0.15) is 31.4 Å². The summed E-state index contributed by atoms with van der Waals surface area (Å²) in [6.07, 6.45) is 12.4. The van der Waals surface area contributed by atoms with Crippen molar-refractivity contribution in [2.24, 2.45) is 5.92 Å². The number of pyridine rings is 1. The van der Waals surface area contributed by atoms with E-state index in [2.05, 4.69) is 24.1 Å². The molecule has 1 heterocycles. The molecule has 25 heavy (non-hydrogen) atoms. The van der Waals surface area contributed by atoms with E-state index in [4.69, 9.17) is 4.74 Å². The number of aromatic nitrogens is 1. The van der Waals surface area contributed by atoms with Gasteiger partial charge in [0.1, 0.15) is 11.6 Å².